The number of piperazine rings is 1. The van der Waals surface area contributed by atoms with Crippen molar-refractivity contribution in [2.75, 3.05) is 54.8 Å². The quantitative estimate of drug-likeness (QED) is 0.282. The van der Waals surface area contributed by atoms with Crippen LogP contribution in [0.1, 0.15) is 6.92 Å². The van der Waals surface area contributed by atoms with Crippen molar-refractivity contribution >= 4 is 35.0 Å². The molecule has 0 unspecified atom stereocenters. The molecule has 2 heterocycles. The van der Waals surface area contributed by atoms with Crippen molar-refractivity contribution in [2.24, 2.45) is 0 Å². The third kappa shape index (κ3) is 6.72. The number of benzene rings is 2. The molecule has 0 saturated carbocycles. The van der Waals surface area contributed by atoms with E-state index in [1.54, 1.807) is 18.2 Å². The number of phenols is 1. The summed E-state index contributed by atoms with van der Waals surface area (Å²) in [5.41, 5.74) is 1.45. The second-order valence-corrected chi connectivity index (χ2v) is 8.46. The van der Waals surface area contributed by atoms with Gasteiger partial charge in [0, 0.05) is 57.8 Å². The van der Waals surface area contributed by atoms with Gasteiger partial charge in [-0.25, -0.2) is 9.97 Å². The van der Waals surface area contributed by atoms with E-state index in [0.717, 1.165) is 5.56 Å². The van der Waals surface area contributed by atoms with E-state index in [1.807, 2.05) is 47.4 Å². The first-order valence-corrected chi connectivity index (χ1v) is 12.0. The van der Waals surface area contributed by atoms with Crippen LogP contribution in [0.2, 0.25) is 0 Å². The highest BCUT2D eigenvalue weighted by Gasteiger charge is 2.27. The van der Waals surface area contributed by atoms with Crippen LogP contribution >= 0.6 is 0 Å². The van der Waals surface area contributed by atoms with Crippen molar-refractivity contribution in [3.63, 3.8) is 0 Å². The summed E-state index contributed by atoms with van der Waals surface area (Å²) in [4.78, 5) is 49.2. The molecule has 2 aromatic carbocycles. The van der Waals surface area contributed by atoms with Gasteiger partial charge in [-0.05, 0) is 12.1 Å². The number of nitrogens with zero attached hydrogens (tertiary/aromatic N) is 4. The fourth-order valence-corrected chi connectivity index (χ4v) is 3.94. The molecule has 1 aliphatic rings. The largest absolute Gasteiger partial charge is 0.506 e. The molecule has 1 fully saturated rings. The van der Waals surface area contributed by atoms with Crippen LogP contribution in [-0.4, -0.2) is 77.0 Å². The van der Waals surface area contributed by atoms with Gasteiger partial charge in [-0.2, -0.15) is 0 Å². The lowest BCUT2D eigenvalue weighted by atomic mass is 10.2. The maximum Gasteiger partial charge on any atom is 0.315 e. The lowest BCUT2D eigenvalue weighted by Gasteiger charge is -2.35. The average molecular weight is 504 g/mol. The Bertz CT molecular complexity index is 1260. The summed E-state index contributed by atoms with van der Waals surface area (Å²) >= 11 is 0. The van der Waals surface area contributed by atoms with Gasteiger partial charge in [-0.3, -0.25) is 14.4 Å². The average Bonchev–Trinajstić information content (AvgIpc) is 2.91. The second-order valence-electron chi connectivity index (χ2n) is 8.46. The van der Waals surface area contributed by atoms with Gasteiger partial charge in [0.05, 0.1) is 5.69 Å². The van der Waals surface area contributed by atoms with E-state index in [1.165, 1.54) is 11.8 Å². The molecule has 0 atom stereocenters. The molecule has 0 spiro atoms. The Morgan fingerprint density at radius 1 is 0.892 bits per heavy atom. The Balaban J connectivity index is 1.42. The topological polar surface area (TPSA) is 140 Å². The molecule has 1 aliphatic heterocycles. The molecule has 11 heteroatoms. The van der Waals surface area contributed by atoms with Crippen molar-refractivity contribution in [2.45, 2.75) is 6.92 Å². The number of aromatic hydroxyl groups is 1. The molecule has 4 rings (SSSR count). The van der Waals surface area contributed by atoms with E-state index in [0.29, 0.717) is 56.6 Å². The molecule has 192 valence electrons. The van der Waals surface area contributed by atoms with Gasteiger partial charge in [0.25, 0.3) is 0 Å². The molecule has 4 N–H and O–H groups in total. The van der Waals surface area contributed by atoms with E-state index in [2.05, 4.69) is 25.9 Å². The number of amides is 3. The van der Waals surface area contributed by atoms with E-state index in [-0.39, 0.29) is 17.5 Å². The van der Waals surface area contributed by atoms with Crippen LogP contribution in [0.5, 0.6) is 5.75 Å². The molecule has 3 aromatic rings. The third-order valence-electron chi connectivity index (χ3n) is 5.79. The molecule has 3 amide bonds. The zero-order valence-corrected chi connectivity index (χ0v) is 20.5. The fourth-order valence-electron chi connectivity index (χ4n) is 3.94. The number of nitrogens with one attached hydrogen (secondary N) is 3. The molecular weight excluding hydrogens is 474 g/mol. The van der Waals surface area contributed by atoms with E-state index in [9.17, 15) is 19.5 Å². The maximum absolute atomic E-state index is 12.9. The molecule has 0 radical (unpaired) electrons. The number of hydrogen-bond donors (Lipinski definition) is 4. The number of anilines is 3. The van der Waals surface area contributed by atoms with Crippen molar-refractivity contribution < 1.29 is 19.5 Å². The highest BCUT2D eigenvalue weighted by Crippen LogP contribution is 2.27. The lowest BCUT2D eigenvalue weighted by molar-refractivity contribution is -0.143. The Kier molecular flexibility index (Phi) is 8.14. The number of aromatic nitrogens is 2. The minimum atomic E-state index is -0.794. The first-order chi connectivity index (χ1) is 17.9. The monoisotopic (exact) mass is 503 g/mol. The second kappa shape index (κ2) is 11.8. The van der Waals surface area contributed by atoms with Gasteiger partial charge in [-0.15, -0.1) is 0 Å². The highest BCUT2D eigenvalue weighted by atomic mass is 16.3. The molecule has 37 heavy (non-hydrogen) atoms. The molecule has 1 aromatic heterocycles. The predicted octanol–water partition coefficient (Wildman–Crippen LogP) is 1.68. The van der Waals surface area contributed by atoms with Crippen LogP contribution in [0.4, 0.5) is 17.3 Å². The summed E-state index contributed by atoms with van der Waals surface area (Å²) in [6.07, 6.45) is 0. The van der Waals surface area contributed by atoms with Crippen molar-refractivity contribution in [3.8, 4) is 17.1 Å². The van der Waals surface area contributed by atoms with Crippen LogP contribution in [0.25, 0.3) is 11.4 Å². The Hall–Kier alpha value is -4.67. The van der Waals surface area contributed by atoms with Crippen LogP contribution in [0.15, 0.2) is 60.7 Å². The van der Waals surface area contributed by atoms with Gasteiger partial charge in [0.15, 0.2) is 5.82 Å². The summed E-state index contributed by atoms with van der Waals surface area (Å²) in [5.74, 6) is -0.402. The van der Waals surface area contributed by atoms with Gasteiger partial charge in [-0.1, -0.05) is 42.5 Å². The Labute approximate surface area is 214 Å². The number of rotatable bonds is 7. The number of para-hydroxylation sites is 2. The van der Waals surface area contributed by atoms with E-state index < -0.39 is 11.8 Å². The standard InChI is InChI=1S/C26H29N7O4/c1-18(34)27-11-12-28-22-17-23(30-24(29-22)19-7-3-2-4-8-19)31-25(36)26(37)33-15-13-32(14-16-33)20-9-5-6-10-21(20)35/h2-10,17,35H,11-16H2,1H3,(H,27,34)(H2,28,29,30,31,36). The van der Waals surface area contributed by atoms with Crippen LogP contribution in [0.3, 0.4) is 0 Å². The van der Waals surface area contributed by atoms with Crippen LogP contribution < -0.4 is 20.9 Å². The Morgan fingerprint density at radius 2 is 1.57 bits per heavy atom. The molecule has 11 nitrogen and oxygen atoms in total. The maximum atomic E-state index is 12.9. The zero-order chi connectivity index (χ0) is 26.2. The zero-order valence-electron chi connectivity index (χ0n) is 20.5. The summed E-state index contributed by atoms with van der Waals surface area (Å²) in [7, 11) is 0. The van der Waals surface area contributed by atoms with E-state index >= 15 is 0 Å². The van der Waals surface area contributed by atoms with Crippen molar-refractivity contribution in [1.82, 2.24) is 20.2 Å². The number of carbonyl (C=O) groups is 3. The summed E-state index contributed by atoms with van der Waals surface area (Å²) in [6, 6.07) is 17.8. The normalized spacial score (nSPS) is 13.1. The first-order valence-electron chi connectivity index (χ1n) is 12.0. The van der Waals surface area contributed by atoms with Crippen molar-refractivity contribution in [1.29, 1.82) is 0 Å². The SMILES string of the molecule is CC(=O)NCCNc1cc(NC(=O)C(=O)N2CCN(c3ccccc3O)CC2)nc(-c2ccccc2)n1. The Morgan fingerprint density at radius 3 is 2.27 bits per heavy atom. The van der Waals surface area contributed by atoms with Gasteiger partial charge >= 0.3 is 11.8 Å². The smallest absolute Gasteiger partial charge is 0.315 e. The van der Waals surface area contributed by atoms with Crippen LogP contribution in [-0.2, 0) is 14.4 Å². The third-order valence-corrected chi connectivity index (χ3v) is 5.79. The lowest BCUT2D eigenvalue weighted by Crippen LogP contribution is -2.51. The molecule has 0 bridgehead atoms. The number of phenolic OH excluding ortho intramolecular Hbond substituents is 1. The minimum Gasteiger partial charge on any atom is -0.506 e. The highest BCUT2D eigenvalue weighted by molar-refractivity contribution is 6.39. The fraction of sp³-hybridized carbons (Fsp3) is 0.269. The summed E-state index contributed by atoms with van der Waals surface area (Å²) in [6.45, 7) is 3.92. The molecule has 1 saturated heterocycles. The molecule has 0 aliphatic carbocycles. The predicted molar refractivity (Wildman–Crippen MR) is 140 cm³/mol. The summed E-state index contributed by atoms with van der Waals surface area (Å²) in [5, 5.41) is 18.5. The number of hydrogen-bond acceptors (Lipinski definition) is 8. The number of carbonyl (C=O) groups excluding carboxylic acids is 3. The summed E-state index contributed by atoms with van der Waals surface area (Å²) < 4.78 is 0. The van der Waals surface area contributed by atoms with Gasteiger partial charge in [0.2, 0.25) is 5.91 Å². The van der Waals surface area contributed by atoms with Crippen molar-refractivity contribution in [3.05, 3.63) is 60.7 Å². The minimum absolute atomic E-state index is 0.137. The molecular formula is C26H29N7O4. The van der Waals surface area contributed by atoms with E-state index in [4.69, 9.17) is 0 Å². The van der Waals surface area contributed by atoms with Gasteiger partial charge < -0.3 is 30.9 Å². The van der Waals surface area contributed by atoms with Gasteiger partial charge in [0.1, 0.15) is 17.4 Å². The first kappa shape index (κ1) is 25.4. The van der Waals surface area contributed by atoms with Crippen LogP contribution in [0, 0.1) is 0 Å².